The summed E-state index contributed by atoms with van der Waals surface area (Å²) < 4.78 is 59.5. The van der Waals surface area contributed by atoms with E-state index in [9.17, 15) is 33.1 Å². The molecule has 12 nitrogen and oxygen atoms in total. The summed E-state index contributed by atoms with van der Waals surface area (Å²) in [7, 11) is -5.07. The maximum atomic E-state index is 13.0. The first kappa shape index (κ1) is 70.8. The van der Waals surface area contributed by atoms with E-state index in [1.165, 1.54) is 161 Å². The van der Waals surface area contributed by atoms with E-state index >= 15 is 0 Å². The van der Waals surface area contributed by atoms with E-state index in [-0.39, 0.29) is 19.6 Å². The summed E-state index contributed by atoms with van der Waals surface area (Å²) in [5.41, 5.74) is 0. The maximum absolute atomic E-state index is 13.0. The Morgan fingerprint density at radius 2 is 0.920 bits per heavy atom. The largest absolute Gasteiger partial charge is 0.457 e. The summed E-state index contributed by atoms with van der Waals surface area (Å²) in [4.78, 5) is 13.0. The first-order chi connectivity index (χ1) is 36.6. The van der Waals surface area contributed by atoms with Gasteiger partial charge in [0.2, 0.25) is 0 Å². The SMILES string of the molecule is CC/C=C\C/C=C\C/C=C\C/C=C\C/C=C\CCCCCCCCCCCC(=O)OC(COCCCCCCCCCCCCCCCCCCCCCCCCC)COC1OC(CO)C(O)C(OS(=O)(=O)O)C1O. The number of hydrogen-bond acceptors (Lipinski definition) is 11. The van der Waals surface area contributed by atoms with Gasteiger partial charge in [0.15, 0.2) is 6.29 Å². The van der Waals surface area contributed by atoms with Gasteiger partial charge in [-0.15, -0.1) is 0 Å². The van der Waals surface area contributed by atoms with Gasteiger partial charge in [0.1, 0.15) is 30.5 Å². The molecule has 1 aliphatic heterocycles. The van der Waals surface area contributed by atoms with E-state index in [1.54, 1.807) is 0 Å². The molecule has 0 bridgehead atoms. The molecular weight excluding hydrogens is 969 g/mol. The number of aliphatic hydroxyl groups excluding tert-OH is 3. The van der Waals surface area contributed by atoms with Crippen molar-refractivity contribution >= 4 is 16.4 Å². The molecule has 75 heavy (non-hydrogen) atoms. The number of unbranched alkanes of at least 4 members (excludes halogenated alkanes) is 31. The topological polar surface area (TPSA) is 178 Å². The average Bonchev–Trinajstić information content (AvgIpc) is 3.39. The number of carbonyl (C=O) groups excluding carboxylic acids is 1. The normalized spacial score (nSPS) is 19.0. The van der Waals surface area contributed by atoms with Gasteiger partial charge in [-0.25, -0.2) is 4.18 Å². The molecule has 0 aromatic carbocycles. The maximum Gasteiger partial charge on any atom is 0.397 e. The van der Waals surface area contributed by atoms with Crippen LogP contribution in [-0.2, 0) is 38.3 Å². The lowest BCUT2D eigenvalue weighted by molar-refractivity contribution is -0.301. The van der Waals surface area contributed by atoms with Crippen LogP contribution in [0.4, 0.5) is 0 Å². The second kappa shape index (κ2) is 52.5. The Hall–Kier alpha value is -2.20. The third-order valence-corrected chi connectivity index (χ3v) is 14.4. The highest BCUT2D eigenvalue weighted by Crippen LogP contribution is 2.26. The predicted molar refractivity (Wildman–Crippen MR) is 308 cm³/mol. The molecule has 1 aliphatic rings. The van der Waals surface area contributed by atoms with E-state index in [0.29, 0.717) is 13.0 Å². The van der Waals surface area contributed by atoms with Crippen molar-refractivity contribution < 1.29 is 56.2 Å². The van der Waals surface area contributed by atoms with Gasteiger partial charge in [-0.05, 0) is 57.8 Å². The minimum absolute atomic E-state index is 0.0349. The fraction of sp³-hybridized carbons (Fsp3) is 0.823. The number of ether oxygens (including phenoxy) is 4. The lowest BCUT2D eigenvalue weighted by Gasteiger charge is -2.41. The van der Waals surface area contributed by atoms with Gasteiger partial charge >= 0.3 is 16.4 Å². The highest BCUT2D eigenvalue weighted by molar-refractivity contribution is 7.80. The third kappa shape index (κ3) is 45.4. The Morgan fingerprint density at radius 3 is 1.35 bits per heavy atom. The zero-order chi connectivity index (χ0) is 54.6. The van der Waals surface area contributed by atoms with E-state index < -0.39 is 59.8 Å². The van der Waals surface area contributed by atoms with Crippen LogP contribution < -0.4 is 0 Å². The number of carbonyl (C=O) groups is 1. The van der Waals surface area contributed by atoms with Crippen LogP contribution in [0.2, 0.25) is 0 Å². The second-order valence-electron chi connectivity index (χ2n) is 20.9. The third-order valence-electron chi connectivity index (χ3n) is 13.9. The Balaban J connectivity index is 2.27. The zero-order valence-electron chi connectivity index (χ0n) is 47.6. The van der Waals surface area contributed by atoms with Crippen LogP contribution in [0.1, 0.15) is 264 Å². The minimum atomic E-state index is -5.07. The molecule has 0 radical (unpaired) electrons. The summed E-state index contributed by atoms with van der Waals surface area (Å²) in [5.74, 6) is -0.402. The van der Waals surface area contributed by atoms with Gasteiger partial charge in [0.25, 0.3) is 0 Å². The monoisotopic (exact) mass is 1080 g/mol. The number of rotatable bonds is 54. The second-order valence-corrected chi connectivity index (χ2v) is 22.0. The van der Waals surface area contributed by atoms with Crippen LogP contribution in [0.15, 0.2) is 60.8 Å². The van der Waals surface area contributed by atoms with Crippen molar-refractivity contribution in [3.63, 3.8) is 0 Å². The Morgan fingerprint density at radius 1 is 0.520 bits per heavy atom. The van der Waals surface area contributed by atoms with Gasteiger partial charge in [-0.2, -0.15) is 8.42 Å². The quantitative estimate of drug-likeness (QED) is 0.0196. The summed E-state index contributed by atoms with van der Waals surface area (Å²) in [6, 6.07) is 0. The van der Waals surface area contributed by atoms with Crippen LogP contribution in [0, 0.1) is 0 Å². The van der Waals surface area contributed by atoms with Crippen molar-refractivity contribution in [3.05, 3.63) is 60.8 Å². The van der Waals surface area contributed by atoms with Crippen LogP contribution >= 0.6 is 0 Å². The molecule has 438 valence electrons. The molecule has 4 N–H and O–H groups in total. The highest BCUT2D eigenvalue weighted by Gasteiger charge is 2.48. The Bertz CT molecular complexity index is 1530. The molecular formula is C62H112O12S. The van der Waals surface area contributed by atoms with Crippen molar-refractivity contribution in [2.75, 3.05) is 26.4 Å². The van der Waals surface area contributed by atoms with Gasteiger partial charge < -0.3 is 34.3 Å². The molecule has 0 aromatic rings. The van der Waals surface area contributed by atoms with E-state index in [2.05, 4.69) is 78.8 Å². The fourth-order valence-corrected chi connectivity index (χ4v) is 9.86. The molecule has 6 atom stereocenters. The average molecular weight is 1080 g/mol. The summed E-state index contributed by atoms with van der Waals surface area (Å²) >= 11 is 0. The zero-order valence-corrected chi connectivity index (χ0v) is 48.4. The molecule has 6 unspecified atom stereocenters. The highest BCUT2D eigenvalue weighted by atomic mass is 32.3. The Kier molecular flexibility index (Phi) is 49.6. The molecule has 1 heterocycles. The molecule has 0 aromatic heterocycles. The lowest BCUT2D eigenvalue weighted by atomic mass is 9.99. The first-order valence-corrected chi connectivity index (χ1v) is 31.9. The standard InChI is InChI=1S/C62H112O12S/c1-3-5-7-9-11-13-15-17-19-21-23-25-27-28-29-31-33-35-37-39-41-43-45-47-49-51-58(64)72-56(55-71-62-60(66)61(74-75(67,68)69)59(65)57(53-63)73-62)54-70-52-50-48-46-44-42-40-38-36-34-32-30-26-24-22-20-18-16-14-12-10-8-6-4-2/h5,7,11,13,17,19,23,25,28-29,56-57,59-63,65-66H,3-4,6,8-10,12,14-16,18,20-22,24,26-27,30-55H2,1-2H3,(H,67,68,69)/b7-5-,13-11-,19-17-,25-23-,29-28-. The van der Waals surface area contributed by atoms with E-state index in [0.717, 1.165) is 77.0 Å². The molecule has 0 amide bonds. The van der Waals surface area contributed by atoms with Crippen molar-refractivity contribution in [2.45, 2.75) is 301 Å². The molecule has 0 aliphatic carbocycles. The van der Waals surface area contributed by atoms with Crippen LogP contribution in [0.5, 0.6) is 0 Å². The fourth-order valence-electron chi connectivity index (χ4n) is 9.35. The first-order valence-electron chi connectivity index (χ1n) is 30.5. The predicted octanol–water partition coefficient (Wildman–Crippen LogP) is 15.6. The molecule has 1 rings (SSSR count). The molecule has 0 saturated carbocycles. The van der Waals surface area contributed by atoms with Crippen LogP contribution in [0.25, 0.3) is 0 Å². The van der Waals surface area contributed by atoms with Gasteiger partial charge in [0, 0.05) is 13.0 Å². The summed E-state index contributed by atoms with van der Waals surface area (Å²) in [6.45, 7) is 3.92. The number of esters is 1. The van der Waals surface area contributed by atoms with Crippen molar-refractivity contribution in [2.24, 2.45) is 0 Å². The van der Waals surface area contributed by atoms with Crippen molar-refractivity contribution in [1.29, 1.82) is 0 Å². The summed E-state index contributed by atoms with van der Waals surface area (Å²) in [6.07, 6.45) is 59.7. The molecule has 1 fully saturated rings. The van der Waals surface area contributed by atoms with Crippen molar-refractivity contribution in [3.8, 4) is 0 Å². The summed E-state index contributed by atoms with van der Waals surface area (Å²) in [5, 5.41) is 30.9. The van der Waals surface area contributed by atoms with E-state index in [1.807, 2.05) is 0 Å². The molecule has 13 heteroatoms. The number of aliphatic hydroxyl groups is 3. The van der Waals surface area contributed by atoms with Crippen LogP contribution in [0.3, 0.4) is 0 Å². The van der Waals surface area contributed by atoms with Gasteiger partial charge in [-0.3, -0.25) is 9.35 Å². The number of hydrogen-bond donors (Lipinski definition) is 4. The van der Waals surface area contributed by atoms with Crippen molar-refractivity contribution in [1.82, 2.24) is 0 Å². The van der Waals surface area contributed by atoms with Gasteiger partial charge in [-0.1, -0.05) is 261 Å². The van der Waals surface area contributed by atoms with Gasteiger partial charge in [0.05, 0.1) is 19.8 Å². The number of allylic oxidation sites excluding steroid dienone is 10. The van der Waals surface area contributed by atoms with E-state index in [4.69, 9.17) is 18.9 Å². The molecule has 1 saturated heterocycles. The van der Waals surface area contributed by atoms with Crippen LogP contribution in [-0.4, -0.2) is 97.5 Å². The smallest absolute Gasteiger partial charge is 0.397 e. The molecule has 0 spiro atoms. The minimum Gasteiger partial charge on any atom is -0.457 e. The lowest BCUT2D eigenvalue weighted by Crippen LogP contribution is -2.60. The Labute approximate surface area is 458 Å².